The Bertz CT molecular complexity index is 2410. The Morgan fingerprint density at radius 3 is 1.63 bits per heavy atom. The highest BCUT2D eigenvalue weighted by atomic mass is 16.5. The van der Waals surface area contributed by atoms with E-state index in [-0.39, 0.29) is 30.5 Å². The van der Waals surface area contributed by atoms with Crippen LogP contribution in [0.1, 0.15) is 76.4 Å². The molecule has 0 saturated carbocycles. The Balaban J connectivity index is 0.978. The fourth-order valence-electron chi connectivity index (χ4n) is 9.52. The van der Waals surface area contributed by atoms with Gasteiger partial charge >= 0.3 is 0 Å². The highest BCUT2D eigenvalue weighted by molar-refractivity contribution is 6.14. The molecule has 8 nitrogen and oxygen atoms in total. The van der Waals surface area contributed by atoms with Gasteiger partial charge in [0.15, 0.2) is 0 Å². The summed E-state index contributed by atoms with van der Waals surface area (Å²) >= 11 is 0. The lowest BCUT2D eigenvalue weighted by Gasteiger charge is -2.23. The van der Waals surface area contributed by atoms with E-state index in [1.165, 1.54) is 27.8 Å². The monoisotopic (exact) mass is 756 g/mol. The van der Waals surface area contributed by atoms with Gasteiger partial charge in [0.05, 0.1) is 25.1 Å². The molecule has 0 bridgehead atoms. The number of amides is 2. The molecule has 0 spiro atoms. The van der Waals surface area contributed by atoms with Crippen molar-refractivity contribution >= 4 is 47.0 Å². The lowest BCUT2D eigenvalue weighted by molar-refractivity contribution is -0.401. The zero-order chi connectivity index (χ0) is 39.7. The average molecular weight is 757 g/mol. The maximum absolute atomic E-state index is 14.1. The Morgan fingerprint density at radius 2 is 1.11 bits per heavy atom. The van der Waals surface area contributed by atoms with Crippen molar-refractivity contribution in [1.82, 2.24) is 0 Å². The van der Waals surface area contributed by atoms with E-state index in [4.69, 9.17) is 4.74 Å². The highest BCUT2D eigenvalue weighted by Gasteiger charge is 2.37. The maximum atomic E-state index is 14.1. The number of ether oxygens (including phenoxy) is 1. The van der Waals surface area contributed by atoms with E-state index in [1.54, 1.807) is 7.11 Å². The van der Waals surface area contributed by atoms with Crippen LogP contribution in [0.5, 0.6) is 5.75 Å². The summed E-state index contributed by atoms with van der Waals surface area (Å²) in [4.78, 5) is 31.9. The van der Waals surface area contributed by atoms with Crippen molar-refractivity contribution < 1.29 is 28.6 Å². The first-order chi connectivity index (χ1) is 27.6. The first-order valence-corrected chi connectivity index (χ1v) is 19.9. The molecule has 8 heteroatoms. The molecule has 5 aromatic carbocycles. The molecule has 4 heterocycles. The number of aryl methyl sites for hydroxylation is 4. The van der Waals surface area contributed by atoms with Gasteiger partial charge in [0.25, 0.3) is 0 Å². The summed E-state index contributed by atoms with van der Waals surface area (Å²) in [5.74, 6) is 0.626. The zero-order valence-electron chi connectivity index (χ0n) is 33.6. The number of aliphatic hydroxyl groups is 1. The molecule has 0 unspecified atom stereocenters. The summed E-state index contributed by atoms with van der Waals surface area (Å²) in [5.41, 5.74) is 16.3. The number of carbonyl (C=O) groups is 2. The van der Waals surface area contributed by atoms with E-state index in [9.17, 15) is 14.7 Å². The van der Waals surface area contributed by atoms with Gasteiger partial charge in [-0.15, -0.1) is 0 Å². The van der Waals surface area contributed by atoms with Crippen LogP contribution in [0.25, 0.3) is 0 Å². The number of hydrogen-bond donors (Lipinski definition) is 1. The van der Waals surface area contributed by atoms with Gasteiger partial charge in [-0.1, -0.05) is 66.2 Å². The van der Waals surface area contributed by atoms with Crippen LogP contribution in [0.3, 0.4) is 0 Å². The maximum Gasteiger partial charge on any atom is 0.246 e. The largest absolute Gasteiger partial charge is 0.497 e. The predicted octanol–water partition coefficient (Wildman–Crippen LogP) is 7.30. The van der Waals surface area contributed by atoms with Gasteiger partial charge in [-0.2, -0.15) is 0 Å². The van der Waals surface area contributed by atoms with Gasteiger partial charge < -0.3 is 28.8 Å². The van der Waals surface area contributed by atoms with E-state index in [2.05, 4.69) is 63.5 Å². The Labute approximate surface area is 335 Å². The Kier molecular flexibility index (Phi) is 9.20. The summed E-state index contributed by atoms with van der Waals surface area (Å²) in [5, 5.41) is 10.6. The van der Waals surface area contributed by atoms with Gasteiger partial charge in [0.1, 0.15) is 19.8 Å². The van der Waals surface area contributed by atoms with Crippen LogP contribution in [0.15, 0.2) is 78.9 Å². The van der Waals surface area contributed by atoms with E-state index in [0.717, 1.165) is 89.1 Å². The molecule has 57 heavy (non-hydrogen) atoms. The fraction of sp³-hybridized carbons (Fsp3) is 0.306. The normalized spacial score (nSPS) is 17.8. The van der Waals surface area contributed by atoms with Crippen molar-refractivity contribution in [3.05, 3.63) is 146 Å². The lowest BCUT2D eigenvalue weighted by Crippen LogP contribution is -2.38. The molecular formula is C49H48N4O4. The molecule has 5 aromatic rings. The van der Waals surface area contributed by atoms with Crippen molar-refractivity contribution in [2.24, 2.45) is 0 Å². The molecule has 0 radical (unpaired) electrons. The van der Waals surface area contributed by atoms with Gasteiger partial charge in [-0.25, -0.2) is 0 Å². The summed E-state index contributed by atoms with van der Waals surface area (Å²) in [6, 6.07) is 26.2. The fourth-order valence-corrected chi connectivity index (χ4v) is 9.52. The summed E-state index contributed by atoms with van der Waals surface area (Å²) < 4.78 is 9.90. The summed E-state index contributed by atoms with van der Waals surface area (Å²) in [6.07, 6.45) is 11.7. The third-order valence-electron chi connectivity index (χ3n) is 12.9. The molecule has 0 fully saturated rings. The van der Waals surface area contributed by atoms with Crippen LogP contribution in [-0.4, -0.2) is 71.8 Å². The minimum absolute atomic E-state index is 0.0317. The first-order valence-electron chi connectivity index (χ1n) is 19.9. The quantitative estimate of drug-likeness (QED) is 0.133. The highest BCUT2D eigenvalue weighted by Crippen LogP contribution is 2.40. The minimum atomic E-state index is -0.174. The van der Waals surface area contributed by atoms with Crippen molar-refractivity contribution in [3.63, 3.8) is 0 Å². The number of aliphatic hydroxyl groups excluding tert-OH is 1. The van der Waals surface area contributed by atoms with Crippen molar-refractivity contribution in [1.29, 1.82) is 0 Å². The number of methoxy groups -OCH3 is 1. The number of hydrogen-bond acceptors (Lipinski definition) is 4. The van der Waals surface area contributed by atoms with E-state index < -0.39 is 0 Å². The Hall–Kier alpha value is -5.86. The third kappa shape index (κ3) is 6.09. The smallest absolute Gasteiger partial charge is 0.246 e. The zero-order valence-corrected chi connectivity index (χ0v) is 33.6. The molecule has 4 aliphatic rings. The van der Waals surface area contributed by atoms with Gasteiger partial charge in [-0.05, 0) is 128 Å². The molecule has 0 aliphatic carbocycles. The Morgan fingerprint density at radius 1 is 0.632 bits per heavy atom. The van der Waals surface area contributed by atoms with Crippen LogP contribution < -0.4 is 14.5 Å². The number of carbonyl (C=O) groups excluding carboxylic acids is 2. The predicted molar refractivity (Wildman–Crippen MR) is 224 cm³/mol. The van der Waals surface area contributed by atoms with Gasteiger partial charge in [0.2, 0.25) is 11.8 Å². The minimum Gasteiger partial charge on any atom is -0.497 e. The van der Waals surface area contributed by atoms with Crippen molar-refractivity contribution in [2.45, 2.75) is 78.0 Å². The first kappa shape index (κ1) is 36.8. The van der Waals surface area contributed by atoms with Crippen LogP contribution >= 0.6 is 0 Å². The van der Waals surface area contributed by atoms with Crippen molar-refractivity contribution in [3.8, 4) is 5.75 Å². The van der Waals surface area contributed by atoms with E-state index >= 15 is 0 Å². The average Bonchev–Trinajstić information content (AvgIpc) is 3.72. The van der Waals surface area contributed by atoms with Crippen molar-refractivity contribution in [2.75, 3.05) is 31.0 Å². The SMILES string of the molecule is COc1cc2c(cc1CCc1cc(CCc3cc4c(cc3CO)C(=O)N3c5ccccc5C[C@H]3[C-]=[N+]4C)c(C)c(C)c1C)[N+](C)=[C-][C@@H]1Cc3ccccc3N1C2=O. The lowest BCUT2D eigenvalue weighted by atomic mass is 9.88. The molecule has 288 valence electrons. The second kappa shape index (κ2) is 14.3. The van der Waals surface area contributed by atoms with Crippen LogP contribution in [0.4, 0.5) is 22.7 Å². The molecule has 2 atom stereocenters. The van der Waals surface area contributed by atoms with Crippen LogP contribution in [-0.2, 0) is 45.1 Å². The van der Waals surface area contributed by atoms with Gasteiger partial charge in [-0.3, -0.25) is 9.59 Å². The second-order valence-corrected chi connectivity index (χ2v) is 16.0. The number of para-hydroxylation sites is 2. The molecular weight excluding hydrogens is 709 g/mol. The van der Waals surface area contributed by atoms with Crippen LogP contribution in [0, 0.1) is 20.8 Å². The molecule has 9 rings (SSSR count). The van der Waals surface area contributed by atoms with E-state index in [0.29, 0.717) is 16.9 Å². The number of fused-ring (bicyclic) bond motifs is 8. The second-order valence-electron chi connectivity index (χ2n) is 16.0. The molecule has 1 N–H and O–H groups in total. The standard InChI is InChI=1S/C49H48N4O4/c1-29-30(2)32(15-17-34-23-45-41(22-38(34)28-54)48(55)52-39(26-50(45)4)20-35-11-7-9-13-43(35)52)19-33(31(29)3)16-18-37-24-46-42(25-47(37)57-6)49(56)53-40(27-51(46)5)21-36-12-8-10-14-44(36)53/h7-14,19,22-25,39-40,54H,15-18,20-21,28H2,1-6H3/t39-,40-/m0/s1. The molecule has 2 amide bonds. The topological polar surface area (TPSA) is 76.1 Å². The number of rotatable bonds is 8. The third-order valence-corrected chi connectivity index (χ3v) is 12.9. The summed E-state index contributed by atoms with van der Waals surface area (Å²) in [6.45, 7) is 6.47. The van der Waals surface area contributed by atoms with Crippen LogP contribution in [0.2, 0.25) is 0 Å². The summed E-state index contributed by atoms with van der Waals surface area (Å²) in [7, 11) is 5.63. The molecule has 0 aromatic heterocycles. The van der Waals surface area contributed by atoms with E-state index in [1.807, 2.05) is 81.6 Å². The number of nitrogens with zero attached hydrogens (tertiary/aromatic N) is 4. The molecule has 0 saturated heterocycles. The molecule has 4 aliphatic heterocycles. The number of anilines is 2. The number of benzene rings is 5. The van der Waals surface area contributed by atoms with Gasteiger partial charge in [0, 0.05) is 47.0 Å².